The number of carbonyl (C=O) groups is 1. The molecular formula is C19H20Cl2O2. The van der Waals surface area contributed by atoms with Gasteiger partial charge in [0.1, 0.15) is 5.75 Å². The number of ether oxygens (including phenoxy) is 1. The Kier molecular flexibility index (Phi) is 6.09. The Morgan fingerprint density at radius 2 is 1.57 bits per heavy atom. The van der Waals surface area contributed by atoms with Gasteiger partial charge in [-0.3, -0.25) is 4.79 Å². The maximum Gasteiger partial charge on any atom is 0.265 e. The standard InChI is InChI=1S/C19H20Cl2O2/c1-3-12-19(2,18(21)22)23-17-10-6-15(7-11-17)13-14-4-8-16(20)9-5-14/h4-11H,3,12-13H2,1-2H3. The van der Waals surface area contributed by atoms with Crippen molar-refractivity contribution in [3.8, 4) is 5.75 Å². The lowest BCUT2D eigenvalue weighted by Gasteiger charge is -2.26. The first kappa shape index (κ1) is 17.8. The van der Waals surface area contributed by atoms with Gasteiger partial charge in [-0.25, -0.2) is 0 Å². The zero-order valence-electron chi connectivity index (χ0n) is 13.3. The molecule has 0 aliphatic rings. The number of halogens is 2. The molecule has 2 aromatic rings. The SMILES string of the molecule is CCCC(C)(Oc1ccc(Cc2ccc(Cl)cc2)cc1)C(=O)Cl. The van der Waals surface area contributed by atoms with Gasteiger partial charge < -0.3 is 4.74 Å². The van der Waals surface area contributed by atoms with Gasteiger partial charge in [-0.05, 0) is 66.8 Å². The minimum atomic E-state index is -0.978. The number of rotatable bonds is 7. The lowest BCUT2D eigenvalue weighted by Crippen LogP contribution is -2.38. The molecule has 122 valence electrons. The molecule has 0 amide bonds. The Bertz CT molecular complexity index is 650. The van der Waals surface area contributed by atoms with Crippen LogP contribution in [0.4, 0.5) is 0 Å². The molecule has 2 rings (SSSR count). The third-order valence-electron chi connectivity index (χ3n) is 3.73. The molecule has 0 aromatic heterocycles. The lowest BCUT2D eigenvalue weighted by atomic mass is 10.0. The maximum atomic E-state index is 11.6. The van der Waals surface area contributed by atoms with Gasteiger partial charge in [0.05, 0.1) is 0 Å². The Morgan fingerprint density at radius 1 is 1.04 bits per heavy atom. The molecule has 0 radical (unpaired) electrons. The largest absolute Gasteiger partial charge is 0.478 e. The van der Waals surface area contributed by atoms with Crippen LogP contribution >= 0.6 is 23.2 Å². The van der Waals surface area contributed by atoms with Crippen LogP contribution in [0.2, 0.25) is 5.02 Å². The van der Waals surface area contributed by atoms with E-state index in [0.717, 1.165) is 23.4 Å². The minimum Gasteiger partial charge on any atom is -0.478 e. The fraction of sp³-hybridized carbons (Fsp3) is 0.316. The van der Waals surface area contributed by atoms with Crippen molar-refractivity contribution in [2.45, 2.75) is 38.7 Å². The summed E-state index contributed by atoms with van der Waals surface area (Å²) < 4.78 is 5.83. The van der Waals surface area contributed by atoms with Gasteiger partial charge in [0.2, 0.25) is 0 Å². The average molecular weight is 351 g/mol. The molecule has 0 saturated heterocycles. The van der Waals surface area contributed by atoms with E-state index in [1.54, 1.807) is 6.92 Å². The Labute approximate surface area is 147 Å². The van der Waals surface area contributed by atoms with Crippen LogP contribution < -0.4 is 4.74 Å². The van der Waals surface area contributed by atoms with E-state index in [2.05, 4.69) is 0 Å². The second-order valence-corrected chi connectivity index (χ2v) is 6.58. The molecule has 0 heterocycles. The predicted octanol–water partition coefficient (Wildman–Crippen LogP) is 5.63. The third kappa shape index (κ3) is 4.98. The normalized spacial score (nSPS) is 13.4. The van der Waals surface area contributed by atoms with E-state index < -0.39 is 10.8 Å². The Hall–Kier alpha value is -1.51. The molecule has 1 atom stereocenters. The summed E-state index contributed by atoms with van der Waals surface area (Å²) in [5.74, 6) is 0.648. The van der Waals surface area contributed by atoms with Crippen LogP contribution in [0.5, 0.6) is 5.75 Å². The summed E-state index contributed by atoms with van der Waals surface area (Å²) in [6, 6.07) is 15.5. The van der Waals surface area contributed by atoms with Crippen molar-refractivity contribution in [2.24, 2.45) is 0 Å². The van der Waals surface area contributed by atoms with Crippen LogP contribution in [0.25, 0.3) is 0 Å². The molecular weight excluding hydrogens is 331 g/mol. The highest BCUT2D eigenvalue weighted by atomic mass is 35.5. The molecule has 0 spiro atoms. The minimum absolute atomic E-state index is 0.468. The summed E-state index contributed by atoms with van der Waals surface area (Å²) in [6.07, 6.45) is 2.23. The maximum absolute atomic E-state index is 11.6. The van der Waals surface area contributed by atoms with Gasteiger partial charge in [0.25, 0.3) is 5.24 Å². The van der Waals surface area contributed by atoms with E-state index in [0.29, 0.717) is 12.2 Å². The summed E-state index contributed by atoms with van der Waals surface area (Å²) in [5.41, 5.74) is 1.37. The van der Waals surface area contributed by atoms with Crippen LogP contribution in [-0.2, 0) is 11.2 Å². The van der Waals surface area contributed by atoms with E-state index in [4.69, 9.17) is 27.9 Å². The molecule has 0 aliphatic carbocycles. The van der Waals surface area contributed by atoms with Gasteiger partial charge in [-0.2, -0.15) is 0 Å². The molecule has 0 aliphatic heterocycles. The second kappa shape index (κ2) is 7.85. The topological polar surface area (TPSA) is 26.3 Å². The average Bonchev–Trinajstić information content (AvgIpc) is 2.51. The lowest BCUT2D eigenvalue weighted by molar-refractivity contribution is -0.125. The van der Waals surface area contributed by atoms with Crippen molar-refractivity contribution in [2.75, 3.05) is 0 Å². The van der Waals surface area contributed by atoms with E-state index in [1.807, 2.05) is 55.5 Å². The van der Waals surface area contributed by atoms with Crippen molar-refractivity contribution in [1.82, 2.24) is 0 Å². The Morgan fingerprint density at radius 3 is 2.04 bits per heavy atom. The van der Waals surface area contributed by atoms with Crippen LogP contribution in [0.15, 0.2) is 48.5 Å². The van der Waals surface area contributed by atoms with Crippen molar-refractivity contribution >= 4 is 28.4 Å². The fourth-order valence-corrected chi connectivity index (χ4v) is 2.70. The van der Waals surface area contributed by atoms with Crippen LogP contribution in [-0.4, -0.2) is 10.8 Å². The molecule has 0 saturated carbocycles. The first-order valence-corrected chi connectivity index (χ1v) is 8.41. The van der Waals surface area contributed by atoms with E-state index in [1.165, 1.54) is 5.56 Å². The molecule has 2 aromatic carbocycles. The molecule has 0 fully saturated rings. The van der Waals surface area contributed by atoms with Gasteiger partial charge in [0.15, 0.2) is 5.60 Å². The first-order valence-electron chi connectivity index (χ1n) is 7.65. The van der Waals surface area contributed by atoms with Crippen molar-refractivity contribution in [3.05, 3.63) is 64.7 Å². The summed E-state index contributed by atoms with van der Waals surface area (Å²) in [6.45, 7) is 3.73. The highest BCUT2D eigenvalue weighted by Gasteiger charge is 2.33. The van der Waals surface area contributed by atoms with Gasteiger partial charge in [-0.1, -0.05) is 49.2 Å². The van der Waals surface area contributed by atoms with E-state index >= 15 is 0 Å². The summed E-state index contributed by atoms with van der Waals surface area (Å²) in [7, 11) is 0. The molecule has 0 N–H and O–H groups in total. The monoisotopic (exact) mass is 350 g/mol. The number of hydrogen-bond donors (Lipinski definition) is 0. The third-order valence-corrected chi connectivity index (χ3v) is 4.38. The highest BCUT2D eigenvalue weighted by Crippen LogP contribution is 2.26. The highest BCUT2D eigenvalue weighted by molar-refractivity contribution is 6.65. The van der Waals surface area contributed by atoms with Crippen LogP contribution in [0.3, 0.4) is 0 Å². The van der Waals surface area contributed by atoms with Crippen LogP contribution in [0, 0.1) is 0 Å². The number of benzene rings is 2. The van der Waals surface area contributed by atoms with Crippen molar-refractivity contribution < 1.29 is 9.53 Å². The quantitative estimate of drug-likeness (QED) is 0.604. The van der Waals surface area contributed by atoms with E-state index in [-0.39, 0.29) is 0 Å². The molecule has 23 heavy (non-hydrogen) atoms. The zero-order valence-corrected chi connectivity index (χ0v) is 14.8. The zero-order chi connectivity index (χ0) is 16.9. The molecule has 0 bridgehead atoms. The van der Waals surface area contributed by atoms with E-state index in [9.17, 15) is 4.79 Å². The predicted molar refractivity (Wildman–Crippen MR) is 95.5 cm³/mol. The summed E-state index contributed by atoms with van der Waals surface area (Å²) in [5, 5.41) is 0.267. The van der Waals surface area contributed by atoms with Crippen molar-refractivity contribution in [1.29, 1.82) is 0 Å². The Balaban J connectivity index is 2.06. The molecule has 4 heteroatoms. The second-order valence-electron chi connectivity index (χ2n) is 5.80. The summed E-state index contributed by atoms with van der Waals surface area (Å²) >= 11 is 11.6. The van der Waals surface area contributed by atoms with Gasteiger partial charge in [0, 0.05) is 5.02 Å². The van der Waals surface area contributed by atoms with Crippen molar-refractivity contribution in [3.63, 3.8) is 0 Å². The fourth-order valence-electron chi connectivity index (χ4n) is 2.44. The molecule has 1 unspecified atom stereocenters. The van der Waals surface area contributed by atoms with Gasteiger partial charge >= 0.3 is 0 Å². The molecule has 2 nitrogen and oxygen atoms in total. The smallest absolute Gasteiger partial charge is 0.265 e. The summed E-state index contributed by atoms with van der Waals surface area (Å²) in [4.78, 5) is 11.6. The van der Waals surface area contributed by atoms with Crippen LogP contribution in [0.1, 0.15) is 37.8 Å². The number of carbonyl (C=O) groups excluding carboxylic acids is 1. The van der Waals surface area contributed by atoms with Gasteiger partial charge in [-0.15, -0.1) is 0 Å². The number of hydrogen-bond acceptors (Lipinski definition) is 2. The first-order chi connectivity index (χ1) is 10.9.